The Bertz CT molecular complexity index is 2950. The SMILES string of the molecule is CC(C)(C)c1ccc2c(c1)c1cc(-c3cccc4c3sc3ccccc34)ccc1n2-c1cccc(-c2nc3ccccc3n2-c2ccccc2)c1. The number of thiophene rings is 1. The average molecular weight is 674 g/mol. The van der Waals surface area contributed by atoms with Crippen molar-refractivity contribution in [2.45, 2.75) is 26.2 Å². The van der Waals surface area contributed by atoms with E-state index in [4.69, 9.17) is 4.98 Å². The van der Waals surface area contributed by atoms with Crippen molar-refractivity contribution in [3.63, 3.8) is 0 Å². The number of nitrogens with zero attached hydrogens (tertiary/aromatic N) is 3. The molecule has 7 aromatic carbocycles. The smallest absolute Gasteiger partial charge is 0.145 e. The van der Waals surface area contributed by atoms with E-state index in [-0.39, 0.29) is 5.41 Å². The van der Waals surface area contributed by atoms with Gasteiger partial charge in [-0.1, -0.05) is 112 Å². The maximum atomic E-state index is 5.19. The highest BCUT2D eigenvalue weighted by Crippen LogP contribution is 2.43. The Labute approximate surface area is 300 Å². The molecule has 4 heteroatoms. The monoisotopic (exact) mass is 673 g/mol. The van der Waals surface area contributed by atoms with Gasteiger partial charge >= 0.3 is 0 Å². The third kappa shape index (κ3) is 4.75. The molecule has 244 valence electrons. The molecule has 3 nitrogen and oxygen atoms in total. The Kier molecular flexibility index (Phi) is 6.61. The van der Waals surface area contributed by atoms with E-state index >= 15 is 0 Å². The number of hydrogen-bond acceptors (Lipinski definition) is 2. The first-order valence-corrected chi connectivity index (χ1v) is 18.4. The van der Waals surface area contributed by atoms with Crippen LogP contribution in [0.25, 0.3) is 86.9 Å². The first-order valence-electron chi connectivity index (χ1n) is 17.6. The Morgan fingerprint density at radius 2 is 1.20 bits per heavy atom. The molecule has 0 radical (unpaired) electrons. The summed E-state index contributed by atoms with van der Waals surface area (Å²) in [4.78, 5) is 5.19. The van der Waals surface area contributed by atoms with E-state index < -0.39 is 0 Å². The summed E-state index contributed by atoms with van der Waals surface area (Å²) >= 11 is 1.89. The van der Waals surface area contributed by atoms with Crippen LogP contribution in [-0.4, -0.2) is 14.1 Å². The van der Waals surface area contributed by atoms with E-state index in [1.807, 2.05) is 11.3 Å². The normalized spacial score (nSPS) is 12.2. The molecule has 0 aliphatic rings. The van der Waals surface area contributed by atoms with Gasteiger partial charge in [0.15, 0.2) is 0 Å². The van der Waals surface area contributed by atoms with E-state index in [1.54, 1.807) is 0 Å². The molecule has 0 spiro atoms. The highest BCUT2D eigenvalue weighted by atomic mass is 32.1. The van der Waals surface area contributed by atoms with Gasteiger partial charge in [0, 0.05) is 47.9 Å². The molecule has 0 saturated heterocycles. The van der Waals surface area contributed by atoms with E-state index in [9.17, 15) is 0 Å². The van der Waals surface area contributed by atoms with Gasteiger partial charge in [0.05, 0.1) is 22.1 Å². The summed E-state index contributed by atoms with van der Waals surface area (Å²) in [5, 5.41) is 5.18. The van der Waals surface area contributed by atoms with Gasteiger partial charge < -0.3 is 4.57 Å². The maximum absolute atomic E-state index is 5.19. The number of hydrogen-bond donors (Lipinski definition) is 0. The van der Waals surface area contributed by atoms with Crippen LogP contribution in [0.4, 0.5) is 0 Å². The lowest BCUT2D eigenvalue weighted by Gasteiger charge is -2.19. The van der Waals surface area contributed by atoms with Crippen LogP contribution in [-0.2, 0) is 5.41 Å². The van der Waals surface area contributed by atoms with Gasteiger partial charge in [0.2, 0.25) is 0 Å². The summed E-state index contributed by atoms with van der Waals surface area (Å²) in [5.74, 6) is 0.929. The minimum Gasteiger partial charge on any atom is -0.309 e. The summed E-state index contributed by atoms with van der Waals surface area (Å²) < 4.78 is 7.37. The molecular formula is C47H35N3S. The van der Waals surface area contributed by atoms with Crippen LogP contribution in [0.15, 0.2) is 158 Å². The number of rotatable bonds is 4. The standard InChI is InChI=1S/C47H35N3S/c1-47(2,3)32-24-26-42-39(29-32)38-28-30(35-18-12-19-37-36-17-7-10-22-44(36)51-45(35)37)23-25-41(38)49(42)34-16-11-13-31(27-34)46-48-40-20-8-9-21-43(40)50(46)33-14-5-4-6-15-33/h4-29H,1-3H3. The Hall–Kier alpha value is -5.97. The fourth-order valence-corrected chi connectivity index (χ4v) is 8.99. The first-order chi connectivity index (χ1) is 24.9. The van der Waals surface area contributed by atoms with Gasteiger partial charge in [-0.15, -0.1) is 11.3 Å². The molecule has 0 aliphatic carbocycles. The van der Waals surface area contributed by atoms with Crippen molar-refractivity contribution in [1.82, 2.24) is 14.1 Å². The van der Waals surface area contributed by atoms with E-state index in [2.05, 4.69) is 188 Å². The van der Waals surface area contributed by atoms with Crippen molar-refractivity contribution in [2.75, 3.05) is 0 Å². The molecule has 0 aliphatic heterocycles. The molecule has 0 amide bonds. The van der Waals surface area contributed by atoms with Crippen molar-refractivity contribution in [3.05, 3.63) is 163 Å². The Balaban J connectivity index is 1.20. The summed E-state index contributed by atoms with van der Waals surface area (Å²) in [6.45, 7) is 6.88. The van der Waals surface area contributed by atoms with Crippen LogP contribution < -0.4 is 0 Å². The molecule has 0 N–H and O–H groups in total. The van der Waals surface area contributed by atoms with Gasteiger partial charge in [-0.05, 0) is 88.8 Å². The molecular weight excluding hydrogens is 639 g/mol. The topological polar surface area (TPSA) is 22.8 Å². The number of imidazole rings is 1. The largest absolute Gasteiger partial charge is 0.309 e. The third-order valence-electron chi connectivity index (χ3n) is 10.3. The van der Waals surface area contributed by atoms with E-state index in [1.165, 1.54) is 58.7 Å². The van der Waals surface area contributed by atoms with Gasteiger partial charge in [-0.2, -0.15) is 0 Å². The summed E-state index contributed by atoms with van der Waals surface area (Å²) in [6, 6.07) is 57.4. The van der Waals surface area contributed by atoms with Crippen LogP contribution in [0.5, 0.6) is 0 Å². The van der Waals surface area contributed by atoms with Crippen molar-refractivity contribution >= 4 is 64.3 Å². The first kappa shape index (κ1) is 29.9. The summed E-state index contributed by atoms with van der Waals surface area (Å²) in [6.07, 6.45) is 0. The van der Waals surface area contributed by atoms with Crippen molar-refractivity contribution in [2.24, 2.45) is 0 Å². The van der Waals surface area contributed by atoms with Crippen LogP contribution >= 0.6 is 11.3 Å². The van der Waals surface area contributed by atoms with Gasteiger partial charge in [0.1, 0.15) is 5.82 Å². The van der Waals surface area contributed by atoms with E-state index in [0.717, 1.165) is 33.8 Å². The molecule has 0 atom stereocenters. The average Bonchev–Trinajstić information content (AvgIpc) is 3.84. The van der Waals surface area contributed by atoms with Gasteiger partial charge in [-0.25, -0.2) is 4.98 Å². The minimum atomic E-state index is 0.0271. The highest BCUT2D eigenvalue weighted by molar-refractivity contribution is 7.26. The van der Waals surface area contributed by atoms with E-state index in [0.29, 0.717) is 0 Å². The number of benzene rings is 7. The molecule has 0 bridgehead atoms. The second kappa shape index (κ2) is 11.3. The van der Waals surface area contributed by atoms with Crippen LogP contribution in [0, 0.1) is 0 Å². The molecule has 10 rings (SSSR count). The molecule has 0 unspecified atom stereocenters. The quantitative estimate of drug-likeness (QED) is 0.182. The Morgan fingerprint density at radius 1 is 0.490 bits per heavy atom. The zero-order valence-electron chi connectivity index (χ0n) is 28.8. The van der Waals surface area contributed by atoms with Crippen molar-refractivity contribution < 1.29 is 0 Å². The number of aromatic nitrogens is 3. The zero-order valence-corrected chi connectivity index (χ0v) is 29.6. The molecule has 10 aromatic rings. The number of fused-ring (bicyclic) bond motifs is 7. The fourth-order valence-electron chi connectivity index (χ4n) is 7.75. The molecule has 3 aromatic heterocycles. The highest BCUT2D eigenvalue weighted by Gasteiger charge is 2.21. The molecule has 51 heavy (non-hydrogen) atoms. The third-order valence-corrected chi connectivity index (χ3v) is 11.5. The van der Waals surface area contributed by atoms with Crippen LogP contribution in [0.2, 0.25) is 0 Å². The Morgan fingerprint density at radius 3 is 2.06 bits per heavy atom. The fraction of sp³-hybridized carbons (Fsp3) is 0.0851. The second-order valence-electron chi connectivity index (χ2n) is 14.5. The lowest BCUT2D eigenvalue weighted by atomic mass is 9.86. The molecule has 0 fully saturated rings. The van der Waals surface area contributed by atoms with Gasteiger partial charge in [0.25, 0.3) is 0 Å². The molecule has 3 heterocycles. The van der Waals surface area contributed by atoms with Crippen LogP contribution in [0.1, 0.15) is 26.3 Å². The predicted molar refractivity (Wildman–Crippen MR) is 218 cm³/mol. The summed E-state index contributed by atoms with van der Waals surface area (Å²) in [7, 11) is 0. The number of para-hydroxylation sites is 3. The lowest BCUT2D eigenvalue weighted by molar-refractivity contribution is 0.591. The van der Waals surface area contributed by atoms with Crippen molar-refractivity contribution in [1.29, 1.82) is 0 Å². The predicted octanol–water partition coefficient (Wildman–Crippen LogP) is 13.1. The van der Waals surface area contributed by atoms with Crippen LogP contribution in [0.3, 0.4) is 0 Å². The molecule has 0 saturated carbocycles. The van der Waals surface area contributed by atoms with Crippen molar-refractivity contribution in [3.8, 4) is 33.9 Å². The minimum absolute atomic E-state index is 0.0271. The summed E-state index contributed by atoms with van der Waals surface area (Å²) in [5.41, 5.74) is 11.6. The lowest BCUT2D eigenvalue weighted by Crippen LogP contribution is -2.10. The zero-order chi connectivity index (χ0) is 34.3. The van der Waals surface area contributed by atoms with Gasteiger partial charge in [-0.3, -0.25) is 4.57 Å². The maximum Gasteiger partial charge on any atom is 0.145 e. The second-order valence-corrected chi connectivity index (χ2v) is 15.5.